The van der Waals surface area contributed by atoms with E-state index in [0.29, 0.717) is 11.6 Å². The van der Waals surface area contributed by atoms with E-state index in [2.05, 4.69) is 22.2 Å². The van der Waals surface area contributed by atoms with Crippen molar-refractivity contribution >= 4 is 17.7 Å². The molecule has 2 heterocycles. The van der Waals surface area contributed by atoms with Gasteiger partial charge in [0.2, 0.25) is 11.8 Å². The number of likely N-dealkylation sites (tertiary alicyclic amines) is 1. The van der Waals surface area contributed by atoms with Crippen molar-refractivity contribution in [2.24, 2.45) is 0 Å². The van der Waals surface area contributed by atoms with Gasteiger partial charge in [-0.25, -0.2) is 4.98 Å². The van der Waals surface area contributed by atoms with Gasteiger partial charge in [-0.2, -0.15) is 0 Å². The maximum absolute atomic E-state index is 12.0. The predicted molar refractivity (Wildman–Crippen MR) is 104 cm³/mol. The fourth-order valence-corrected chi connectivity index (χ4v) is 2.83. The number of aromatic nitrogens is 1. The summed E-state index contributed by atoms with van der Waals surface area (Å²) >= 11 is 0. The van der Waals surface area contributed by atoms with E-state index in [9.17, 15) is 4.79 Å². The molecule has 5 nitrogen and oxygen atoms in total. The molecule has 5 heteroatoms. The number of hydrogen-bond donors (Lipinski definition) is 1. The Morgan fingerprint density at radius 3 is 2.58 bits per heavy atom. The quantitative estimate of drug-likeness (QED) is 0.838. The van der Waals surface area contributed by atoms with Crippen LogP contribution in [0.15, 0.2) is 48.7 Å². The number of pyridine rings is 1. The fraction of sp³-hybridized carbons (Fsp3) is 0.333. The molecule has 3 rings (SSSR count). The van der Waals surface area contributed by atoms with Crippen molar-refractivity contribution in [3.63, 3.8) is 0 Å². The number of aryl methyl sites for hydroxylation is 1. The number of carbonyl (C=O) groups excluding carboxylic acids is 1. The van der Waals surface area contributed by atoms with E-state index in [4.69, 9.17) is 4.74 Å². The van der Waals surface area contributed by atoms with E-state index < -0.39 is 0 Å². The van der Waals surface area contributed by atoms with Gasteiger partial charge >= 0.3 is 0 Å². The first-order valence-corrected chi connectivity index (χ1v) is 8.95. The highest BCUT2D eigenvalue weighted by molar-refractivity contribution is 6.01. The van der Waals surface area contributed by atoms with Crippen LogP contribution in [-0.2, 0) is 4.79 Å². The van der Waals surface area contributed by atoms with Crippen molar-refractivity contribution in [3.05, 3.63) is 59.8 Å². The van der Waals surface area contributed by atoms with E-state index in [1.807, 2.05) is 37.3 Å². The molecule has 0 bridgehead atoms. The molecule has 1 amide bonds. The number of benzene rings is 1. The van der Waals surface area contributed by atoms with Gasteiger partial charge in [0.1, 0.15) is 6.10 Å². The SMILES string of the molecule is Cc1ccc(/C=C/C(=O)Nc2ccc(OC3CCN(C)CC3)nc2)cc1. The molecule has 0 spiro atoms. The number of piperidine rings is 1. The largest absolute Gasteiger partial charge is 0.474 e. The van der Waals surface area contributed by atoms with E-state index in [-0.39, 0.29) is 12.0 Å². The summed E-state index contributed by atoms with van der Waals surface area (Å²) in [5.41, 5.74) is 2.84. The van der Waals surface area contributed by atoms with Crippen LogP contribution in [0.4, 0.5) is 5.69 Å². The predicted octanol–water partition coefficient (Wildman–Crippen LogP) is 3.51. The highest BCUT2D eigenvalue weighted by Gasteiger charge is 2.18. The Morgan fingerprint density at radius 1 is 1.19 bits per heavy atom. The highest BCUT2D eigenvalue weighted by atomic mass is 16.5. The molecule has 0 unspecified atom stereocenters. The Morgan fingerprint density at radius 2 is 1.92 bits per heavy atom. The molecule has 1 aromatic carbocycles. The van der Waals surface area contributed by atoms with Crippen LogP contribution in [-0.4, -0.2) is 42.0 Å². The molecule has 1 aliphatic rings. The standard InChI is InChI=1S/C21H25N3O2/c1-16-3-5-17(6-4-16)7-9-20(25)23-18-8-10-21(22-15-18)26-19-11-13-24(2)14-12-19/h3-10,15,19H,11-14H2,1-2H3,(H,23,25)/b9-7+. The Kier molecular flexibility index (Phi) is 6.02. The number of anilines is 1. The molecule has 1 saturated heterocycles. The zero-order valence-corrected chi connectivity index (χ0v) is 15.3. The van der Waals surface area contributed by atoms with Crippen LogP contribution in [0.3, 0.4) is 0 Å². The molecule has 1 aliphatic heterocycles. The Labute approximate surface area is 154 Å². The van der Waals surface area contributed by atoms with Crippen LogP contribution in [0.25, 0.3) is 6.08 Å². The Balaban J connectivity index is 1.50. The van der Waals surface area contributed by atoms with Crippen molar-refractivity contribution < 1.29 is 9.53 Å². The first-order valence-electron chi connectivity index (χ1n) is 8.95. The lowest BCUT2D eigenvalue weighted by molar-refractivity contribution is -0.111. The van der Waals surface area contributed by atoms with Gasteiger partial charge in [0.25, 0.3) is 0 Å². The molecule has 136 valence electrons. The van der Waals surface area contributed by atoms with Crippen LogP contribution >= 0.6 is 0 Å². The summed E-state index contributed by atoms with van der Waals surface area (Å²) in [7, 11) is 2.12. The minimum atomic E-state index is -0.184. The maximum Gasteiger partial charge on any atom is 0.248 e. The second kappa shape index (κ2) is 8.63. The van der Waals surface area contributed by atoms with Gasteiger partial charge in [-0.05, 0) is 44.5 Å². The molecule has 0 saturated carbocycles. The lowest BCUT2D eigenvalue weighted by Crippen LogP contribution is -2.35. The van der Waals surface area contributed by atoms with Gasteiger partial charge in [0, 0.05) is 25.2 Å². The number of ether oxygens (including phenoxy) is 1. The molecule has 1 aromatic heterocycles. The summed E-state index contributed by atoms with van der Waals surface area (Å²) in [5, 5.41) is 2.81. The van der Waals surface area contributed by atoms with Crippen LogP contribution in [0.5, 0.6) is 5.88 Å². The third-order valence-electron chi connectivity index (χ3n) is 4.46. The van der Waals surface area contributed by atoms with Crippen LogP contribution in [0, 0.1) is 6.92 Å². The maximum atomic E-state index is 12.0. The van der Waals surface area contributed by atoms with Crippen molar-refractivity contribution in [1.29, 1.82) is 0 Å². The number of amides is 1. The van der Waals surface area contributed by atoms with Gasteiger partial charge in [-0.15, -0.1) is 0 Å². The van der Waals surface area contributed by atoms with Crippen LogP contribution < -0.4 is 10.1 Å². The molecular formula is C21H25N3O2. The molecule has 0 aliphatic carbocycles. The average molecular weight is 351 g/mol. The Hall–Kier alpha value is -2.66. The van der Waals surface area contributed by atoms with Crippen molar-refractivity contribution in [1.82, 2.24) is 9.88 Å². The average Bonchev–Trinajstić information content (AvgIpc) is 2.65. The Bertz CT molecular complexity index is 746. The number of rotatable bonds is 5. The number of nitrogens with zero attached hydrogens (tertiary/aromatic N) is 2. The number of carbonyl (C=O) groups is 1. The molecular weight excluding hydrogens is 326 g/mol. The topological polar surface area (TPSA) is 54.5 Å². The minimum absolute atomic E-state index is 0.184. The summed E-state index contributed by atoms with van der Waals surface area (Å²) in [5.74, 6) is 0.420. The lowest BCUT2D eigenvalue weighted by Gasteiger charge is -2.28. The fourth-order valence-electron chi connectivity index (χ4n) is 2.83. The second-order valence-electron chi connectivity index (χ2n) is 6.74. The zero-order valence-electron chi connectivity index (χ0n) is 15.3. The van der Waals surface area contributed by atoms with Gasteiger partial charge in [0.05, 0.1) is 11.9 Å². The van der Waals surface area contributed by atoms with Crippen LogP contribution in [0.1, 0.15) is 24.0 Å². The van der Waals surface area contributed by atoms with Crippen molar-refractivity contribution in [2.45, 2.75) is 25.9 Å². The first-order chi connectivity index (χ1) is 12.6. The smallest absolute Gasteiger partial charge is 0.248 e. The summed E-state index contributed by atoms with van der Waals surface area (Å²) in [6.45, 7) is 4.13. The van der Waals surface area contributed by atoms with Gasteiger partial charge in [-0.3, -0.25) is 4.79 Å². The monoisotopic (exact) mass is 351 g/mol. The highest BCUT2D eigenvalue weighted by Crippen LogP contribution is 2.18. The number of hydrogen-bond acceptors (Lipinski definition) is 4. The van der Waals surface area contributed by atoms with E-state index in [1.165, 1.54) is 11.6 Å². The molecule has 2 aromatic rings. The second-order valence-corrected chi connectivity index (χ2v) is 6.74. The summed E-state index contributed by atoms with van der Waals surface area (Å²) in [6.07, 6.45) is 7.19. The van der Waals surface area contributed by atoms with Gasteiger partial charge in [0.15, 0.2) is 0 Å². The van der Waals surface area contributed by atoms with E-state index >= 15 is 0 Å². The first kappa shape index (κ1) is 18.1. The summed E-state index contributed by atoms with van der Waals surface area (Å²) in [6, 6.07) is 11.6. The third kappa shape index (κ3) is 5.43. The third-order valence-corrected chi connectivity index (χ3v) is 4.46. The van der Waals surface area contributed by atoms with Crippen molar-refractivity contribution in [2.75, 3.05) is 25.5 Å². The minimum Gasteiger partial charge on any atom is -0.474 e. The molecule has 0 atom stereocenters. The van der Waals surface area contributed by atoms with Crippen LogP contribution in [0.2, 0.25) is 0 Å². The van der Waals surface area contributed by atoms with E-state index in [1.54, 1.807) is 18.3 Å². The summed E-state index contributed by atoms with van der Waals surface area (Å²) in [4.78, 5) is 18.6. The van der Waals surface area contributed by atoms with Gasteiger partial charge < -0.3 is 15.0 Å². The normalized spacial score (nSPS) is 15.9. The molecule has 1 fully saturated rings. The zero-order chi connectivity index (χ0) is 18.4. The lowest BCUT2D eigenvalue weighted by atomic mass is 10.1. The summed E-state index contributed by atoms with van der Waals surface area (Å²) < 4.78 is 5.91. The number of nitrogens with one attached hydrogen (secondary N) is 1. The van der Waals surface area contributed by atoms with Crippen molar-refractivity contribution in [3.8, 4) is 5.88 Å². The van der Waals surface area contributed by atoms with Gasteiger partial charge in [-0.1, -0.05) is 29.8 Å². The van der Waals surface area contributed by atoms with E-state index in [0.717, 1.165) is 31.5 Å². The molecule has 0 radical (unpaired) electrons. The molecule has 1 N–H and O–H groups in total. The molecule has 26 heavy (non-hydrogen) atoms.